The Morgan fingerprint density at radius 1 is 0.857 bits per heavy atom. The molecule has 0 bridgehead atoms. The second-order valence-corrected chi connectivity index (χ2v) is 8.08. The third-order valence-corrected chi connectivity index (χ3v) is 5.90. The van der Waals surface area contributed by atoms with Gasteiger partial charge in [-0.2, -0.15) is 0 Å². The summed E-state index contributed by atoms with van der Waals surface area (Å²) in [5, 5.41) is 0. The molecule has 0 aromatic heterocycles. The van der Waals surface area contributed by atoms with Gasteiger partial charge in [-0.3, -0.25) is 9.59 Å². The minimum atomic E-state index is -0.245. The van der Waals surface area contributed by atoms with Gasteiger partial charge >= 0.3 is 0 Å². The molecular formula is C21H23BrN4O2. The summed E-state index contributed by atoms with van der Waals surface area (Å²) >= 11 is 3.45. The van der Waals surface area contributed by atoms with Gasteiger partial charge in [0.2, 0.25) is 5.91 Å². The van der Waals surface area contributed by atoms with E-state index in [9.17, 15) is 9.59 Å². The zero-order chi connectivity index (χ0) is 19.5. The first-order valence-electron chi connectivity index (χ1n) is 9.51. The van der Waals surface area contributed by atoms with Crippen molar-refractivity contribution in [3.63, 3.8) is 0 Å². The quantitative estimate of drug-likeness (QED) is 0.765. The number of nitrogens with one attached hydrogen (secondary N) is 2. The van der Waals surface area contributed by atoms with Crippen molar-refractivity contribution in [2.75, 3.05) is 26.2 Å². The summed E-state index contributed by atoms with van der Waals surface area (Å²) in [5.74, 6) is 0.127. The van der Waals surface area contributed by atoms with Crippen molar-refractivity contribution in [3.8, 4) is 0 Å². The molecule has 6 nitrogen and oxygen atoms in total. The van der Waals surface area contributed by atoms with Crippen molar-refractivity contribution >= 4 is 27.7 Å². The fourth-order valence-electron chi connectivity index (χ4n) is 3.75. The number of hydrogen-bond donors (Lipinski definition) is 2. The van der Waals surface area contributed by atoms with E-state index < -0.39 is 0 Å². The van der Waals surface area contributed by atoms with Crippen LogP contribution in [-0.4, -0.2) is 53.8 Å². The predicted octanol–water partition coefficient (Wildman–Crippen LogP) is 2.34. The molecule has 2 amide bonds. The average Bonchev–Trinajstić information content (AvgIpc) is 3.24. The summed E-state index contributed by atoms with van der Waals surface area (Å²) in [6, 6.07) is 17.3. The SMILES string of the molecule is O=C(c1ccccc1)N1CCN(C(=O)C2CC(c3ccc(Br)cc3)NN2)CC1. The molecule has 2 aromatic rings. The van der Waals surface area contributed by atoms with E-state index in [0.717, 1.165) is 10.0 Å². The third kappa shape index (κ3) is 4.11. The van der Waals surface area contributed by atoms with Crippen LogP contribution in [0.3, 0.4) is 0 Å². The molecule has 2 unspecified atom stereocenters. The van der Waals surface area contributed by atoms with Gasteiger partial charge < -0.3 is 9.80 Å². The molecule has 2 N–H and O–H groups in total. The lowest BCUT2D eigenvalue weighted by Gasteiger charge is -2.35. The first-order valence-corrected chi connectivity index (χ1v) is 10.3. The molecule has 2 atom stereocenters. The molecule has 0 aliphatic carbocycles. The summed E-state index contributed by atoms with van der Waals surface area (Å²) in [6.45, 7) is 2.27. The largest absolute Gasteiger partial charge is 0.338 e. The van der Waals surface area contributed by atoms with Crippen LogP contribution in [0.4, 0.5) is 0 Å². The molecule has 7 heteroatoms. The molecule has 2 fully saturated rings. The molecular weight excluding hydrogens is 420 g/mol. The van der Waals surface area contributed by atoms with Crippen molar-refractivity contribution in [2.24, 2.45) is 0 Å². The smallest absolute Gasteiger partial charge is 0.253 e. The van der Waals surface area contributed by atoms with Gasteiger partial charge in [0.05, 0.1) is 0 Å². The summed E-state index contributed by atoms with van der Waals surface area (Å²) in [5.41, 5.74) is 8.23. The number of hydrazine groups is 1. The lowest BCUT2D eigenvalue weighted by Crippen LogP contribution is -2.54. The van der Waals surface area contributed by atoms with E-state index in [2.05, 4.69) is 38.9 Å². The Morgan fingerprint density at radius 2 is 1.50 bits per heavy atom. The Kier molecular flexibility index (Phi) is 5.75. The highest BCUT2D eigenvalue weighted by molar-refractivity contribution is 9.10. The molecule has 0 spiro atoms. The van der Waals surface area contributed by atoms with Crippen LogP contribution in [0.15, 0.2) is 59.1 Å². The van der Waals surface area contributed by atoms with Crippen molar-refractivity contribution in [1.82, 2.24) is 20.7 Å². The third-order valence-electron chi connectivity index (χ3n) is 5.37. The first kappa shape index (κ1) is 19.1. The number of hydrogen-bond acceptors (Lipinski definition) is 4. The number of piperazine rings is 1. The maximum Gasteiger partial charge on any atom is 0.253 e. The summed E-state index contributed by atoms with van der Waals surface area (Å²) in [7, 11) is 0. The van der Waals surface area contributed by atoms with Gasteiger partial charge in [-0.1, -0.05) is 46.3 Å². The Balaban J connectivity index is 1.31. The first-order chi connectivity index (χ1) is 13.6. The topological polar surface area (TPSA) is 64.7 Å². The van der Waals surface area contributed by atoms with E-state index in [0.29, 0.717) is 38.2 Å². The zero-order valence-corrected chi connectivity index (χ0v) is 17.1. The van der Waals surface area contributed by atoms with E-state index in [1.54, 1.807) is 0 Å². The summed E-state index contributed by atoms with van der Waals surface area (Å²) in [6.07, 6.45) is 0.712. The molecule has 0 saturated carbocycles. The minimum absolute atomic E-state index is 0.0312. The number of halogens is 1. The van der Waals surface area contributed by atoms with E-state index in [1.165, 1.54) is 0 Å². The number of carbonyl (C=O) groups excluding carboxylic acids is 2. The van der Waals surface area contributed by atoms with Crippen LogP contribution < -0.4 is 10.9 Å². The predicted molar refractivity (Wildman–Crippen MR) is 110 cm³/mol. The highest BCUT2D eigenvalue weighted by atomic mass is 79.9. The monoisotopic (exact) mass is 442 g/mol. The fourth-order valence-corrected chi connectivity index (χ4v) is 4.01. The van der Waals surface area contributed by atoms with Gasteiger partial charge in [-0.05, 0) is 36.2 Å². The summed E-state index contributed by atoms with van der Waals surface area (Å²) in [4.78, 5) is 29.1. The Labute approximate surface area is 173 Å². The van der Waals surface area contributed by atoms with Gasteiger partial charge in [0.1, 0.15) is 6.04 Å². The van der Waals surface area contributed by atoms with Crippen LogP contribution in [0.1, 0.15) is 28.4 Å². The lowest BCUT2D eigenvalue weighted by atomic mass is 10.0. The average molecular weight is 443 g/mol. The van der Waals surface area contributed by atoms with Crippen molar-refractivity contribution in [3.05, 3.63) is 70.2 Å². The molecule has 146 valence electrons. The second kappa shape index (κ2) is 8.43. The zero-order valence-electron chi connectivity index (χ0n) is 15.5. The van der Waals surface area contributed by atoms with E-state index in [1.807, 2.05) is 52.3 Å². The van der Waals surface area contributed by atoms with Crippen molar-refractivity contribution in [2.45, 2.75) is 18.5 Å². The van der Waals surface area contributed by atoms with Gasteiger partial charge in [0.15, 0.2) is 0 Å². The normalized spacial score (nSPS) is 22.3. The second-order valence-electron chi connectivity index (χ2n) is 7.16. The maximum absolute atomic E-state index is 12.9. The lowest BCUT2D eigenvalue weighted by molar-refractivity contribution is -0.134. The minimum Gasteiger partial charge on any atom is -0.338 e. The van der Waals surface area contributed by atoms with E-state index in [-0.39, 0.29) is 23.9 Å². The van der Waals surface area contributed by atoms with Crippen molar-refractivity contribution < 1.29 is 9.59 Å². The van der Waals surface area contributed by atoms with Gasteiger partial charge in [-0.25, -0.2) is 10.9 Å². The van der Waals surface area contributed by atoms with Crippen molar-refractivity contribution in [1.29, 1.82) is 0 Å². The van der Waals surface area contributed by atoms with Gasteiger partial charge in [-0.15, -0.1) is 0 Å². The van der Waals surface area contributed by atoms with Crippen LogP contribution in [-0.2, 0) is 4.79 Å². The fraction of sp³-hybridized carbons (Fsp3) is 0.333. The molecule has 0 radical (unpaired) electrons. The molecule has 2 aromatic carbocycles. The molecule has 4 rings (SSSR count). The maximum atomic E-state index is 12.9. The number of amides is 2. The van der Waals surface area contributed by atoms with Crippen LogP contribution in [0, 0.1) is 0 Å². The van der Waals surface area contributed by atoms with Gasteiger partial charge in [0.25, 0.3) is 5.91 Å². The summed E-state index contributed by atoms with van der Waals surface area (Å²) < 4.78 is 1.04. The molecule has 2 aliphatic rings. The Bertz CT molecular complexity index is 835. The molecule has 28 heavy (non-hydrogen) atoms. The number of nitrogens with zero attached hydrogens (tertiary/aromatic N) is 2. The molecule has 2 aliphatic heterocycles. The Morgan fingerprint density at radius 3 is 2.18 bits per heavy atom. The van der Waals surface area contributed by atoms with Crippen LogP contribution in [0.2, 0.25) is 0 Å². The van der Waals surface area contributed by atoms with Crippen LogP contribution in [0.5, 0.6) is 0 Å². The Hall–Kier alpha value is -2.22. The number of rotatable bonds is 3. The number of benzene rings is 2. The van der Waals surface area contributed by atoms with E-state index in [4.69, 9.17) is 0 Å². The molecule has 2 heterocycles. The van der Waals surface area contributed by atoms with E-state index >= 15 is 0 Å². The number of carbonyl (C=O) groups is 2. The van der Waals surface area contributed by atoms with Crippen LogP contribution in [0.25, 0.3) is 0 Å². The van der Waals surface area contributed by atoms with Crippen LogP contribution >= 0.6 is 15.9 Å². The molecule has 2 saturated heterocycles. The van der Waals surface area contributed by atoms with Gasteiger partial charge in [0, 0.05) is 42.3 Å². The standard InChI is InChI=1S/C21H23BrN4O2/c22-17-8-6-15(7-9-17)18-14-19(24-23-18)21(28)26-12-10-25(11-13-26)20(27)16-4-2-1-3-5-16/h1-9,18-19,23-24H,10-14H2. The highest BCUT2D eigenvalue weighted by Crippen LogP contribution is 2.25. The highest BCUT2D eigenvalue weighted by Gasteiger charge is 2.34.